The van der Waals surface area contributed by atoms with E-state index in [1.807, 2.05) is 19.1 Å². The second-order valence-corrected chi connectivity index (χ2v) is 4.23. The molecular formula is C15H11F3O. The van der Waals surface area contributed by atoms with E-state index in [4.69, 9.17) is 0 Å². The van der Waals surface area contributed by atoms with Crippen LogP contribution in [0.1, 0.15) is 21.5 Å². The number of hydrogen-bond donors (Lipinski definition) is 0. The number of aryl methyl sites for hydroxylation is 1. The van der Waals surface area contributed by atoms with Crippen molar-refractivity contribution in [3.8, 4) is 11.1 Å². The number of carbonyl (C=O) groups is 1. The molecule has 2 aromatic rings. The number of rotatable bonds is 2. The van der Waals surface area contributed by atoms with Gasteiger partial charge in [-0.1, -0.05) is 36.4 Å². The van der Waals surface area contributed by atoms with E-state index >= 15 is 0 Å². The van der Waals surface area contributed by atoms with E-state index in [1.165, 1.54) is 12.1 Å². The van der Waals surface area contributed by atoms with Gasteiger partial charge in [-0.25, -0.2) is 0 Å². The highest BCUT2D eigenvalue weighted by Crippen LogP contribution is 2.35. The van der Waals surface area contributed by atoms with Gasteiger partial charge in [0, 0.05) is 5.56 Å². The predicted molar refractivity (Wildman–Crippen MR) is 67.0 cm³/mol. The average molecular weight is 264 g/mol. The molecule has 0 aromatic heterocycles. The van der Waals surface area contributed by atoms with Crippen molar-refractivity contribution in [1.82, 2.24) is 0 Å². The molecule has 0 fully saturated rings. The Bertz CT molecular complexity index is 615. The third kappa shape index (κ3) is 2.67. The maximum absolute atomic E-state index is 12.9. The van der Waals surface area contributed by atoms with E-state index in [0.717, 1.165) is 17.2 Å². The molecule has 0 radical (unpaired) electrons. The Morgan fingerprint density at radius 3 is 2.32 bits per heavy atom. The molecule has 19 heavy (non-hydrogen) atoms. The zero-order valence-electron chi connectivity index (χ0n) is 10.2. The number of benzene rings is 2. The first-order valence-corrected chi connectivity index (χ1v) is 5.66. The van der Waals surface area contributed by atoms with Gasteiger partial charge in [-0.2, -0.15) is 13.2 Å². The molecule has 1 nitrogen and oxygen atoms in total. The zero-order valence-corrected chi connectivity index (χ0v) is 10.2. The van der Waals surface area contributed by atoms with Crippen LogP contribution in [0.3, 0.4) is 0 Å². The van der Waals surface area contributed by atoms with Gasteiger partial charge in [0.2, 0.25) is 0 Å². The van der Waals surface area contributed by atoms with E-state index < -0.39 is 11.7 Å². The van der Waals surface area contributed by atoms with Crippen molar-refractivity contribution in [2.24, 2.45) is 0 Å². The maximum Gasteiger partial charge on any atom is 0.417 e. The second-order valence-electron chi connectivity index (χ2n) is 4.23. The van der Waals surface area contributed by atoms with Crippen LogP contribution in [0.2, 0.25) is 0 Å². The van der Waals surface area contributed by atoms with Gasteiger partial charge in [0.15, 0.2) is 6.29 Å². The minimum Gasteiger partial charge on any atom is -0.298 e. The molecule has 0 N–H and O–H groups in total. The van der Waals surface area contributed by atoms with Crippen LogP contribution in [-0.2, 0) is 6.18 Å². The highest BCUT2D eigenvalue weighted by molar-refractivity contribution is 5.80. The van der Waals surface area contributed by atoms with E-state index in [1.54, 1.807) is 12.1 Å². The van der Waals surface area contributed by atoms with Crippen molar-refractivity contribution in [2.45, 2.75) is 13.1 Å². The van der Waals surface area contributed by atoms with Crippen molar-refractivity contribution in [3.05, 3.63) is 59.2 Å². The SMILES string of the molecule is Cc1ccccc1-c1ccc(C=O)c(C(F)(F)F)c1. The number of carbonyl (C=O) groups excluding carboxylic acids is 1. The summed E-state index contributed by atoms with van der Waals surface area (Å²) < 4.78 is 38.6. The lowest BCUT2D eigenvalue weighted by molar-refractivity contribution is -0.137. The zero-order chi connectivity index (χ0) is 14.0. The van der Waals surface area contributed by atoms with Gasteiger partial charge < -0.3 is 0 Å². The van der Waals surface area contributed by atoms with Gasteiger partial charge in [0.05, 0.1) is 5.56 Å². The summed E-state index contributed by atoms with van der Waals surface area (Å²) in [7, 11) is 0. The summed E-state index contributed by atoms with van der Waals surface area (Å²) in [5, 5.41) is 0. The van der Waals surface area contributed by atoms with Crippen LogP contribution in [0.5, 0.6) is 0 Å². The van der Waals surface area contributed by atoms with E-state index in [-0.39, 0.29) is 11.8 Å². The fraction of sp³-hybridized carbons (Fsp3) is 0.133. The summed E-state index contributed by atoms with van der Waals surface area (Å²) in [4.78, 5) is 10.7. The molecular weight excluding hydrogens is 253 g/mol. The fourth-order valence-corrected chi connectivity index (χ4v) is 1.97. The Morgan fingerprint density at radius 2 is 1.74 bits per heavy atom. The highest BCUT2D eigenvalue weighted by Gasteiger charge is 2.33. The summed E-state index contributed by atoms with van der Waals surface area (Å²) in [5.74, 6) is 0. The van der Waals surface area contributed by atoms with Gasteiger partial charge in [-0.15, -0.1) is 0 Å². The normalized spacial score (nSPS) is 11.4. The first-order chi connectivity index (χ1) is 8.93. The van der Waals surface area contributed by atoms with Crippen LogP contribution in [0.15, 0.2) is 42.5 Å². The third-order valence-electron chi connectivity index (χ3n) is 2.94. The molecule has 0 bridgehead atoms. The number of hydrogen-bond acceptors (Lipinski definition) is 1. The molecule has 0 atom stereocenters. The van der Waals surface area contributed by atoms with Gasteiger partial charge in [-0.3, -0.25) is 4.79 Å². The van der Waals surface area contributed by atoms with Crippen molar-refractivity contribution >= 4 is 6.29 Å². The van der Waals surface area contributed by atoms with E-state index in [2.05, 4.69) is 0 Å². The Morgan fingerprint density at radius 1 is 1.05 bits per heavy atom. The average Bonchev–Trinajstić information content (AvgIpc) is 2.37. The summed E-state index contributed by atoms with van der Waals surface area (Å²) in [5.41, 5.74) is 0.823. The molecule has 0 unspecified atom stereocenters. The molecule has 0 aliphatic heterocycles. The minimum atomic E-state index is -4.53. The largest absolute Gasteiger partial charge is 0.417 e. The molecule has 0 spiro atoms. The molecule has 0 heterocycles. The smallest absolute Gasteiger partial charge is 0.298 e. The molecule has 4 heteroatoms. The minimum absolute atomic E-state index is 0.227. The van der Waals surface area contributed by atoms with Gasteiger partial charge >= 0.3 is 6.18 Å². The summed E-state index contributed by atoms with van der Waals surface area (Å²) >= 11 is 0. The van der Waals surface area contributed by atoms with Crippen LogP contribution in [0.25, 0.3) is 11.1 Å². The Labute approximate surface area is 108 Å². The summed E-state index contributed by atoms with van der Waals surface area (Å²) in [6.45, 7) is 1.83. The van der Waals surface area contributed by atoms with Crippen LogP contribution < -0.4 is 0 Å². The number of halogens is 3. The number of alkyl halides is 3. The van der Waals surface area contributed by atoms with Crippen LogP contribution in [0.4, 0.5) is 13.2 Å². The van der Waals surface area contributed by atoms with Crippen LogP contribution in [-0.4, -0.2) is 6.29 Å². The monoisotopic (exact) mass is 264 g/mol. The topological polar surface area (TPSA) is 17.1 Å². The first-order valence-electron chi connectivity index (χ1n) is 5.66. The molecule has 2 rings (SSSR count). The van der Waals surface area contributed by atoms with Crippen molar-refractivity contribution in [2.75, 3.05) is 0 Å². The van der Waals surface area contributed by atoms with E-state index in [9.17, 15) is 18.0 Å². The molecule has 0 amide bonds. The Kier molecular flexibility index (Phi) is 3.42. The Balaban J connectivity index is 2.62. The predicted octanol–water partition coefficient (Wildman–Crippen LogP) is 4.49. The van der Waals surface area contributed by atoms with Gasteiger partial charge in [-0.05, 0) is 29.7 Å². The second kappa shape index (κ2) is 4.88. The summed E-state index contributed by atoms with van der Waals surface area (Å²) in [6.07, 6.45) is -4.31. The van der Waals surface area contributed by atoms with Crippen LogP contribution in [0, 0.1) is 6.92 Å². The van der Waals surface area contributed by atoms with Crippen molar-refractivity contribution < 1.29 is 18.0 Å². The van der Waals surface area contributed by atoms with Gasteiger partial charge in [0.25, 0.3) is 0 Å². The molecule has 0 aliphatic carbocycles. The van der Waals surface area contributed by atoms with Crippen LogP contribution >= 0.6 is 0 Å². The standard InChI is InChI=1S/C15H11F3O/c1-10-4-2-3-5-13(10)11-6-7-12(9-19)14(8-11)15(16,17)18/h2-9H,1H3. The van der Waals surface area contributed by atoms with Crippen molar-refractivity contribution in [3.63, 3.8) is 0 Å². The first kappa shape index (κ1) is 13.3. The van der Waals surface area contributed by atoms with Gasteiger partial charge in [0.1, 0.15) is 0 Å². The molecule has 2 aromatic carbocycles. The Hall–Kier alpha value is -2.10. The summed E-state index contributed by atoms with van der Waals surface area (Å²) in [6, 6.07) is 10.9. The van der Waals surface area contributed by atoms with E-state index in [0.29, 0.717) is 5.56 Å². The molecule has 0 saturated heterocycles. The quantitative estimate of drug-likeness (QED) is 0.730. The maximum atomic E-state index is 12.9. The number of aldehydes is 1. The lowest BCUT2D eigenvalue weighted by atomic mass is 9.96. The van der Waals surface area contributed by atoms with Crippen molar-refractivity contribution in [1.29, 1.82) is 0 Å². The lowest BCUT2D eigenvalue weighted by Gasteiger charge is -2.12. The highest BCUT2D eigenvalue weighted by atomic mass is 19.4. The molecule has 98 valence electrons. The third-order valence-corrected chi connectivity index (χ3v) is 2.94. The molecule has 0 saturated carbocycles. The molecule has 0 aliphatic rings. The fourth-order valence-electron chi connectivity index (χ4n) is 1.97. The lowest BCUT2D eigenvalue weighted by Crippen LogP contribution is -2.09.